The van der Waals surface area contributed by atoms with Crippen molar-refractivity contribution in [3.05, 3.63) is 54.2 Å². The molecule has 1 fully saturated rings. The van der Waals surface area contributed by atoms with Gasteiger partial charge in [0, 0.05) is 25.5 Å². The first kappa shape index (κ1) is 15.0. The summed E-state index contributed by atoms with van der Waals surface area (Å²) in [6.07, 6.45) is 4.99. The SMILES string of the molecule is CS(=O)(=O)c1cccnc1N1CCC(Cc2ccccc2)C1. The van der Waals surface area contributed by atoms with Crippen LogP contribution in [-0.4, -0.2) is 32.7 Å². The Morgan fingerprint density at radius 3 is 2.68 bits per heavy atom. The van der Waals surface area contributed by atoms with E-state index in [2.05, 4.69) is 34.1 Å². The molecule has 1 atom stereocenters. The van der Waals surface area contributed by atoms with Crippen LogP contribution in [0.25, 0.3) is 0 Å². The average Bonchev–Trinajstić information content (AvgIpc) is 2.96. The average molecular weight is 316 g/mol. The van der Waals surface area contributed by atoms with Crippen LogP contribution in [0.2, 0.25) is 0 Å². The molecule has 3 rings (SSSR count). The first-order valence-electron chi connectivity index (χ1n) is 7.48. The standard InChI is InChI=1S/C17H20N2O2S/c1-22(20,21)16-8-5-10-18-17(16)19-11-9-15(13-19)12-14-6-3-2-4-7-14/h2-8,10,15H,9,11-13H2,1H3. The van der Waals surface area contributed by atoms with Crippen molar-refractivity contribution >= 4 is 15.7 Å². The highest BCUT2D eigenvalue weighted by Gasteiger charge is 2.27. The van der Waals surface area contributed by atoms with Gasteiger partial charge in [-0.05, 0) is 36.5 Å². The van der Waals surface area contributed by atoms with Crippen LogP contribution in [0.5, 0.6) is 0 Å². The number of nitrogens with zero attached hydrogens (tertiary/aromatic N) is 2. The van der Waals surface area contributed by atoms with E-state index in [1.165, 1.54) is 11.8 Å². The fraction of sp³-hybridized carbons (Fsp3) is 0.353. The number of pyridine rings is 1. The second-order valence-electron chi connectivity index (χ2n) is 5.89. The van der Waals surface area contributed by atoms with Gasteiger partial charge in [0.2, 0.25) is 0 Å². The van der Waals surface area contributed by atoms with Crippen LogP contribution in [0.4, 0.5) is 5.82 Å². The zero-order valence-corrected chi connectivity index (χ0v) is 13.5. The monoisotopic (exact) mass is 316 g/mol. The Bertz CT molecular complexity index is 744. The maximum Gasteiger partial charge on any atom is 0.179 e. The lowest BCUT2D eigenvalue weighted by Gasteiger charge is -2.20. The van der Waals surface area contributed by atoms with Gasteiger partial charge in [-0.3, -0.25) is 0 Å². The Morgan fingerprint density at radius 1 is 1.18 bits per heavy atom. The zero-order valence-electron chi connectivity index (χ0n) is 12.6. The van der Waals surface area contributed by atoms with Gasteiger partial charge in [-0.15, -0.1) is 0 Å². The summed E-state index contributed by atoms with van der Waals surface area (Å²) in [6, 6.07) is 13.7. The zero-order chi connectivity index (χ0) is 15.6. The van der Waals surface area contributed by atoms with Gasteiger partial charge in [-0.25, -0.2) is 13.4 Å². The van der Waals surface area contributed by atoms with E-state index >= 15 is 0 Å². The van der Waals surface area contributed by atoms with E-state index in [1.54, 1.807) is 18.3 Å². The number of hydrogen-bond acceptors (Lipinski definition) is 4. The number of hydrogen-bond donors (Lipinski definition) is 0. The lowest BCUT2D eigenvalue weighted by atomic mass is 9.99. The topological polar surface area (TPSA) is 50.3 Å². The van der Waals surface area contributed by atoms with E-state index in [0.717, 1.165) is 25.9 Å². The summed E-state index contributed by atoms with van der Waals surface area (Å²) < 4.78 is 23.8. The molecule has 22 heavy (non-hydrogen) atoms. The van der Waals surface area contributed by atoms with Gasteiger partial charge < -0.3 is 4.90 Å². The minimum absolute atomic E-state index is 0.329. The van der Waals surface area contributed by atoms with Crippen molar-refractivity contribution in [1.82, 2.24) is 4.98 Å². The summed E-state index contributed by atoms with van der Waals surface area (Å²) in [5.74, 6) is 1.14. The van der Waals surface area contributed by atoms with Crippen LogP contribution >= 0.6 is 0 Å². The molecule has 1 aliphatic heterocycles. The maximum atomic E-state index is 11.9. The van der Waals surface area contributed by atoms with E-state index in [-0.39, 0.29) is 0 Å². The van der Waals surface area contributed by atoms with Gasteiger partial charge in [0.25, 0.3) is 0 Å². The molecule has 5 heteroatoms. The molecule has 4 nitrogen and oxygen atoms in total. The molecule has 116 valence electrons. The third kappa shape index (κ3) is 3.30. The molecule has 1 saturated heterocycles. The third-order valence-corrected chi connectivity index (χ3v) is 5.22. The van der Waals surface area contributed by atoms with Crippen LogP contribution in [-0.2, 0) is 16.3 Å². The Hall–Kier alpha value is -1.88. The summed E-state index contributed by atoms with van der Waals surface area (Å²) in [7, 11) is -3.25. The van der Waals surface area contributed by atoms with Crippen molar-refractivity contribution in [2.45, 2.75) is 17.7 Å². The molecule has 1 aromatic carbocycles. The van der Waals surface area contributed by atoms with E-state index in [9.17, 15) is 8.42 Å². The van der Waals surface area contributed by atoms with Crippen molar-refractivity contribution in [1.29, 1.82) is 0 Å². The maximum absolute atomic E-state index is 11.9. The Morgan fingerprint density at radius 2 is 1.95 bits per heavy atom. The van der Waals surface area contributed by atoms with E-state index in [0.29, 0.717) is 16.6 Å². The molecule has 1 unspecified atom stereocenters. The first-order chi connectivity index (χ1) is 10.5. The smallest absolute Gasteiger partial charge is 0.179 e. The number of sulfone groups is 1. The fourth-order valence-electron chi connectivity index (χ4n) is 3.05. The lowest BCUT2D eigenvalue weighted by molar-refractivity contribution is 0.585. The normalized spacial score (nSPS) is 18.6. The van der Waals surface area contributed by atoms with Crippen LogP contribution in [0.15, 0.2) is 53.6 Å². The van der Waals surface area contributed by atoms with Gasteiger partial charge >= 0.3 is 0 Å². The molecule has 0 radical (unpaired) electrons. The third-order valence-electron chi connectivity index (χ3n) is 4.10. The Labute approximate surface area is 131 Å². The van der Waals surface area contributed by atoms with Crippen molar-refractivity contribution in [2.24, 2.45) is 5.92 Å². The highest BCUT2D eigenvalue weighted by molar-refractivity contribution is 7.90. The van der Waals surface area contributed by atoms with E-state index in [1.807, 2.05) is 6.07 Å². The molecular formula is C17H20N2O2S. The summed E-state index contributed by atoms with van der Waals surface area (Å²) in [5.41, 5.74) is 1.33. The minimum atomic E-state index is -3.25. The quantitative estimate of drug-likeness (QED) is 0.870. The summed E-state index contributed by atoms with van der Waals surface area (Å²) in [4.78, 5) is 6.75. The molecule has 0 amide bonds. The van der Waals surface area contributed by atoms with Crippen molar-refractivity contribution < 1.29 is 8.42 Å². The summed E-state index contributed by atoms with van der Waals surface area (Å²) in [6.45, 7) is 1.71. The predicted octanol–water partition coefficient (Wildman–Crippen LogP) is 2.55. The van der Waals surface area contributed by atoms with Gasteiger partial charge in [0.1, 0.15) is 10.7 Å². The van der Waals surface area contributed by atoms with Crippen molar-refractivity contribution in [2.75, 3.05) is 24.2 Å². The molecule has 0 spiro atoms. The largest absolute Gasteiger partial charge is 0.355 e. The first-order valence-corrected chi connectivity index (χ1v) is 9.37. The summed E-state index contributed by atoms with van der Waals surface area (Å²) in [5, 5.41) is 0. The highest BCUT2D eigenvalue weighted by Crippen LogP contribution is 2.29. The van der Waals surface area contributed by atoms with Crippen molar-refractivity contribution in [3.8, 4) is 0 Å². The number of aromatic nitrogens is 1. The summed E-state index contributed by atoms with van der Waals surface area (Å²) >= 11 is 0. The van der Waals surface area contributed by atoms with Crippen LogP contribution in [0.1, 0.15) is 12.0 Å². The molecule has 1 aromatic heterocycles. The van der Waals surface area contributed by atoms with E-state index < -0.39 is 9.84 Å². The Kier molecular flexibility index (Phi) is 4.16. The van der Waals surface area contributed by atoms with Crippen LogP contribution in [0.3, 0.4) is 0 Å². The Balaban J connectivity index is 1.76. The van der Waals surface area contributed by atoms with Gasteiger partial charge in [-0.1, -0.05) is 30.3 Å². The van der Waals surface area contributed by atoms with Gasteiger partial charge in [0.15, 0.2) is 9.84 Å². The number of benzene rings is 1. The van der Waals surface area contributed by atoms with Crippen LogP contribution in [0, 0.1) is 5.92 Å². The second kappa shape index (κ2) is 6.08. The van der Waals surface area contributed by atoms with Gasteiger partial charge in [-0.2, -0.15) is 0 Å². The fourth-order valence-corrected chi connectivity index (χ4v) is 3.89. The van der Waals surface area contributed by atoms with Crippen molar-refractivity contribution in [3.63, 3.8) is 0 Å². The lowest BCUT2D eigenvalue weighted by Crippen LogP contribution is -2.23. The van der Waals surface area contributed by atoms with E-state index in [4.69, 9.17) is 0 Å². The molecule has 2 aromatic rings. The number of anilines is 1. The molecule has 1 aliphatic rings. The number of rotatable bonds is 4. The van der Waals surface area contributed by atoms with Crippen LogP contribution < -0.4 is 4.90 Å². The highest BCUT2D eigenvalue weighted by atomic mass is 32.2. The molecule has 2 heterocycles. The molecular weight excluding hydrogens is 296 g/mol. The van der Waals surface area contributed by atoms with Gasteiger partial charge in [0.05, 0.1) is 0 Å². The molecule has 0 bridgehead atoms. The molecule has 0 aliphatic carbocycles. The molecule has 0 saturated carbocycles. The molecule has 0 N–H and O–H groups in total. The minimum Gasteiger partial charge on any atom is -0.355 e. The second-order valence-corrected chi connectivity index (χ2v) is 7.87. The predicted molar refractivity (Wildman–Crippen MR) is 87.8 cm³/mol.